The lowest BCUT2D eigenvalue weighted by molar-refractivity contribution is -0.119. The van der Waals surface area contributed by atoms with Gasteiger partial charge in [0.05, 0.1) is 18.3 Å². The van der Waals surface area contributed by atoms with Crippen molar-refractivity contribution < 1.29 is 9.59 Å². The summed E-state index contributed by atoms with van der Waals surface area (Å²) in [5, 5.41) is 14.7. The van der Waals surface area contributed by atoms with E-state index in [-0.39, 0.29) is 30.2 Å². The average molecular weight is 410 g/mol. The number of thioether (sulfide) groups is 1. The second-order valence-electron chi connectivity index (χ2n) is 6.50. The van der Waals surface area contributed by atoms with Crippen molar-refractivity contribution in [1.29, 1.82) is 0 Å². The van der Waals surface area contributed by atoms with Crippen LogP contribution in [0, 0.1) is 0 Å². The summed E-state index contributed by atoms with van der Waals surface area (Å²) in [4.78, 5) is 24.4. The fraction of sp³-hybridized carbons (Fsp3) is 0.238. The van der Waals surface area contributed by atoms with Crippen molar-refractivity contribution >= 4 is 23.6 Å². The predicted octanol–water partition coefficient (Wildman–Crippen LogP) is 2.71. The van der Waals surface area contributed by atoms with Crippen molar-refractivity contribution in [3.05, 3.63) is 77.6 Å². The molecule has 3 rings (SSSR count). The van der Waals surface area contributed by atoms with E-state index in [2.05, 4.69) is 20.8 Å². The molecule has 7 nitrogen and oxygen atoms in total. The number of nitrogens with one attached hydrogen (secondary N) is 2. The third-order valence-corrected chi connectivity index (χ3v) is 5.40. The molecule has 150 valence electrons. The summed E-state index contributed by atoms with van der Waals surface area (Å²) >= 11 is 1.31. The van der Waals surface area contributed by atoms with Gasteiger partial charge in [0.15, 0.2) is 11.0 Å². The maximum atomic E-state index is 12.2. The van der Waals surface area contributed by atoms with Crippen molar-refractivity contribution in [2.24, 2.45) is 7.05 Å². The van der Waals surface area contributed by atoms with Crippen molar-refractivity contribution in [3.8, 4) is 0 Å². The van der Waals surface area contributed by atoms with Gasteiger partial charge in [-0.1, -0.05) is 60.3 Å². The third-order valence-electron chi connectivity index (χ3n) is 4.38. The van der Waals surface area contributed by atoms with Gasteiger partial charge in [0.25, 0.3) is 5.91 Å². The molecular formula is C21H23N5O2S. The summed E-state index contributed by atoms with van der Waals surface area (Å²) in [6.07, 6.45) is 0. The molecule has 0 unspecified atom stereocenters. The Bertz CT molecular complexity index is 960. The van der Waals surface area contributed by atoms with Crippen molar-refractivity contribution in [3.63, 3.8) is 0 Å². The molecule has 2 N–H and O–H groups in total. The smallest absolute Gasteiger partial charge is 0.251 e. The minimum Gasteiger partial charge on any atom is -0.349 e. The Morgan fingerprint density at radius 1 is 1.03 bits per heavy atom. The van der Waals surface area contributed by atoms with Gasteiger partial charge in [-0.25, -0.2) is 0 Å². The van der Waals surface area contributed by atoms with Crippen LogP contribution in [0.3, 0.4) is 0 Å². The number of hydrogen-bond donors (Lipinski definition) is 2. The number of carbonyl (C=O) groups excluding carboxylic acids is 2. The van der Waals surface area contributed by atoms with Gasteiger partial charge >= 0.3 is 0 Å². The van der Waals surface area contributed by atoms with Crippen molar-refractivity contribution in [2.75, 3.05) is 5.75 Å². The van der Waals surface area contributed by atoms with Gasteiger partial charge in [0.1, 0.15) is 0 Å². The molecule has 8 heteroatoms. The Labute approximate surface area is 173 Å². The summed E-state index contributed by atoms with van der Waals surface area (Å²) in [5.74, 6) is 0.611. The van der Waals surface area contributed by atoms with Crippen LogP contribution in [0.5, 0.6) is 0 Å². The maximum Gasteiger partial charge on any atom is 0.251 e. The van der Waals surface area contributed by atoms with Gasteiger partial charge < -0.3 is 15.2 Å². The number of amides is 2. The van der Waals surface area contributed by atoms with E-state index in [0.29, 0.717) is 16.5 Å². The SMILES string of the molecule is C[C@H](NC(=O)CSc1nnc(CNC(=O)c2ccccc2)n1C)c1ccccc1. The van der Waals surface area contributed by atoms with Crippen LogP contribution in [0.1, 0.15) is 34.7 Å². The Hall–Kier alpha value is -3.13. The second-order valence-corrected chi connectivity index (χ2v) is 7.44. The van der Waals surface area contributed by atoms with E-state index < -0.39 is 0 Å². The predicted molar refractivity (Wildman–Crippen MR) is 112 cm³/mol. The van der Waals surface area contributed by atoms with E-state index in [0.717, 1.165) is 5.56 Å². The Kier molecular flexibility index (Phi) is 7.02. The number of aromatic nitrogens is 3. The van der Waals surface area contributed by atoms with Crippen molar-refractivity contribution in [1.82, 2.24) is 25.4 Å². The van der Waals surface area contributed by atoms with Crippen molar-refractivity contribution in [2.45, 2.75) is 24.7 Å². The Morgan fingerprint density at radius 2 is 1.69 bits per heavy atom. The number of carbonyl (C=O) groups is 2. The minimum atomic E-state index is -0.169. The molecule has 1 atom stereocenters. The van der Waals surface area contributed by atoms with E-state index >= 15 is 0 Å². The normalized spacial score (nSPS) is 11.7. The average Bonchev–Trinajstić information content (AvgIpc) is 3.11. The molecule has 0 saturated carbocycles. The summed E-state index contributed by atoms with van der Waals surface area (Å²) in [5.41, 5.74) is 1.65. The zero-order valence-electron chi connectivity index (χ0n) is 16.3. The lowest BCUT2D eigenvalue weighted by atomic mass is 10.1. The van der Waals surface area contributed by atoms with E-state index in [4.69, 9.17) is 0 Å². The summed E-state index contributed by atoms with van der Waals surface area (Å²) < 4.78 is 1.78. The minimum absolute atomic E-state index is 0.0624. The van der Waals surface area contributed by atoms with Gasteiger partial charge in [-0.15, -0.1) is 10.2 Å². The van der Waals surface area contributed by atoms with Crippen LogP contribution >= 0.6 is 11.8 Å². The highest BCUT2D eigenvalue weighted by Gasteiger charge is 2.14. The molecule has 1 aromatic heterocycles. The lowest BCUT2D eigenvalue weighted by Gasteiger charge is -2.14. The molecule has 1 heterocycles. The van der Waals surface area contributed by atoms with E-state index in [1.165, 1.54) is 11.8 Å². The van der Waals surface area contributed by atoms with Crippen LogP contribution in [0.15, 0.2) is 65.8 Å². The standard InChI is InChI=1S/C21H23N5O2S/c1-15(16-9-5-3-6-10-16)23-19(27)14-29-21-25-24-18(26(21)2)13-22-20(28)17-11-7-4-8-12-17/h3-12,15H,13-14H2,1-2H3,(H,22,28)(H,23,27)/t15-/m0/s1. The number of hydrogen-bond acceptors (Lipinski definition) is 5. The first-order chi connectivity index (χ1) is 14.0. The van der Waals surface area contributed by atoms with Crippen LogP contribution < -0.4 is 10.6 Å². The van der Waals surface area contributed by atoms with Gasteiger partial charge in [-0.3, -0.25) is 9.59 Å². The van der Waals surface area contributed by atoms with Crippen LogP contribution in [0.2, 0.25) is 0 Å². The number of benzene rings is 2. The van der Waals surface area contributed by atoms with Crippen LogP contribution in [0.4, 0.5) is 0 Å². The molecule has 0 radical (unpaired) electrons. The Balaban J connectivity index is 1.49. The summed E-state index contributed by atoms with van der Waals surface area (Å²) in [6.45, 7) is 2.21. The first-order valence-electron chi connectivity index (χ1n) is 9.23. The lowest BCUT2D eigenvalue weighted by Crippen LogP contribution is -2.28. The van der Waals surface area contributed by atoms with Gasteiger partial charge in [-0.2, -0.15) is 0 Å². The van der Waals surface area contributed by atoms with Crippen LogP contribution in [-0.4, -0.2) is 32.3 Å². The molecule has 0 aliphatic carbocycles. The topological polar surface area (TPSA) is 88.9 Å². The number of rotatable bonds is 8. The quantitative estimate of drug-likeness (QED) is 0.559. The molecule has 0 aliphatic rings. The van der Waals surface area contributed by atoms with Crippen LogP contribution in [-0.2, 0) is 18.4 Å². The summed E-state index contributed by atoms with van der Waals surface area (Å²) in [7, 11) is 1.82. The molecule has 2 aromatic carbocycles. The fourth-order valence-electron chi connectivity index (χ4n) is 2.71. The molecular weight excluding hydrogens is 386 g/mol. The highest BCUT2D eigenvalue weighted by molar-refractivity contribution is 7.99. The molecule has 0 spiro atoms. The highest BCUT2D eigenvalue weighted by Crippen LogP contribution is 2.17. The van der Waals surface area contributed by atoms with Gasteiger partial charge in [-0.05, 0) is 24.6 Å². The van der Waals surface area contributed by atoms with E-state index in [1.807, 2.05) is 62.5 Å². The first kappa shape index (κ1) is 20.6. The Morgan fingerprint density at radius 3 is 2.38 bits per heavy atom. The fourth-order valence-corrected chi connectivity index (χ4v) is 3.46. The molecule has 2 amide bonds. The van der Waals surface area contributed by atoms with E-state index in [9.17, 15) is 9.59 Å². The number of nitrogens with zero attached hydrogens (tertiary/aromatic N) is 3. The van der Waals surface area contributed by atoms with Gasteiger partial charge in [0, 0.05) is 12.6 Å². The molecule has 0 fully saturated rings. The van der Waals surface area contributed by atoms with Crippen LogP contribution in [0.25, 0.3) is 0 Å². The highest BCUT2D eigenvalue weighted by atomic mass is 32.2. The maximum absolute atomic E-state index is 12.2. The monoisotopic (exact) mass is 409 g/mol. The largest absolute Gasteiger partial charge is 0.349 e. The molecule has 0 bridgehead atoms. The third kappa shape index (κ3) is 5.68. The molecule has 0 saturated heterocycles. The van der Waals surface area contributed by atoms with E-state index in [1.54, 1.807) is 16.7 Å². The molecule has 29 heavy (non-hydrogen) atoms. The molecule has 0 aliphatic heterocycles. The first-order valence-corrected chi connectivity index (χ1v) is 10.2. The summed E-state index contributed by atoms with van der Waals surface area (Å²) in [6, 6.07) is 18.7. The second kappa shape index (κ2) is 9.88. The molecule has 3 aromatic rings. The zero-order chi connectivity index (χ0) is 20.6. The van der Waals surface area contributed by atoms with Gasteiger partial charge in [0.2, 0.25) is 5.91 Å². The zero-order valence-corrected chi connectivity index (χ0v) is 17.1.